The van der Waals surface area contributed by atoms with Gasteiger partial charge in [0.25, 0.3) is 0 Å². The summed E-state index contributed by atoms with van der Waals surface area (Å²) in [7, 11) is 0. The molecule has 0 aromatic carbocycles. The first-order valence-electron chi connectivity index (χ1n) is 7.44. The van der Waals surface area contributed by atoms with E-state index in [1.807, 2.05) is 0 Å². The predicted octanol–water partition coefficient (Wildman–Crippen LogP) is 3.03. The Morgan fingerprint density at radius 2 is 1.71 bits per heavy atom. The molecule has 2 rings (SSSR count). The van der Waals surface area contributed by atoms with E-state index in [1.54, 1.807) is 0 Å². The summed E-state index contributed by atoms with van der Waals surface area (Å²) in [5.41, 5.74) is 0.409. The van der Waals surface area contributed by atoms with Crippen molar-refractivity contribution in [2.45, 2.75) is 84.5 Å². The molecule has 2 aliphatic heterocycles. The fourth-order valence-electron chi connectivity index (χ4n) is 3.75. The number of hydrogen-bond acceptors (Lipinski definition) is 2. The Kier molecular flexibility index (Phi) is 3.84. The molecular weight excluding hydrogens is 208 g/mol. The molecule has 17 heavy (non-hydrogen) atoms. The van der Waals surface area contributed by atoms with Gasteiger partial charge in [-0.05, 0) is 44.6 Å². The van der Waals surface area contributed by atoms with E-state index in [2.05, 4.69) is 44.8 Å². The van der Waals surface area contributed by atoms with Gasteiger partial charge in [0.15, 0.2) is 0 Å². The Hall–Kier alpha value is -0.0800. The molecule has 2 heterocycles. The van der Waals surface area contributed by atoms with E-state index in [0.717, 1.165) is 24.7 Å². The standard InChI is InChI=1S/C15H30N2/c1-6-16-12-9-13-7-8-14(10-12)17(13)11(2)15(3,4)5/h11-14,16H,6-10H2,1-5H3. The van der Waals surface area contributed by atoms with Crippen LogP contribution >= 0.6 is 0 Å². The van der Waals surface area contributed by atoms with Crippen LogP contribution in [0.5, 0.6) is 0 Å². The monoisotopic (exact) mass is 238 g/mol. The van der Waals surface area contributed by atoms with Gasteiger partial charge in [-0.25, -0.2) is 0 Å². The number of nitrogens with one attached hydrogen (secondary N) is 1. The van der Waals surface area contributed by atoms with E-state index < -0.39 is 0 Å². The molecule has 2 nitrogen and oxygen atoms in total. The van der Waals surface area contributed by atoms with Crippen LogP contribution in [0, 0.1) is 5.41 Å². The van der Waals surface area contributed by atoms with Gasteiger partial charge in [0.05, 0.1) is 0 Å². The molecule has 2 bridgehead atoms. The Bertz CT molecular complexity index is 242. The van der Waals surface area contributed by atoms with Crippen LogP contribution in [0.25, 0.3) is 0 Å². The van der Waals surface area contributed by atoms with E-state index in [0.29, 0.717) is 11.5 Å². The Labute approximate surface area is 107 Å². The summed E-state index contributed by atoms with van der Waals surface area (Å²) in [6.07, 6.45) is 5.58. The number of piperidine rings is 1. The summed E-state index contributed by atoms with van der Waals surface area (Å²) in [4.78, 5) is 2.84. The molecule has 1 N–H and O–H groups in total. The average molecular weight is 238 g/mol. The van der Waals surface area contributed by atoms with Gasteiger partial charge in [0, 0.05) is 24.2 Å². The van der Waals surface area contributed by atoms with E-state index in [9.17, 15) is 0 Å². The quantitative estimate of drug-likeness (QED) is 0.813. The van der Waals surface area contributed by atoms with Crippen molar-refractivity contribution in [1.29, 1.82) is 0 Å². The molecule has 0 aliphatic carbocycles. The van der Waals surface area contributed by atoms with E-state index in [4.69, 9.17) is 0 Å². The predicted molar refractivity (Wildman–Crippen MR) is 74.3 cm³/mol. The number of fused-ring (bicyclic) bond motifs is 2. The maximum atomic E-state index is 3.66. The molecule has 3 unspecified atom stereocenters. The molecule has 2 aliphatic rings. The second-order valence-corrected chi connectivity index (χ2v) is 7.10. The lowest BCUT2D eigenvalue weighted by atomic mass is 9.83. The zero-order chi connectivity index (χ0) is 12.6. The Morgan fingerprint density at radius 1 is 1.18 bits per heavy atom. The third-order valence-corrected chi connectivity index (χ3v) is 4.98. The van der Waals surface area contributed by atoms with Crippen molar-refractivity contribution in [1.82, 2.24) is 10.2 Å². The highest BCUT2D eigenvalue weighted by Crippen LogP contribution is 2.40. The number of rotatable bonds is 3. The fraction of sp³-hybridized carbons (Fsp3) is 1.00. The summed E-state index contributed by atoms with van der Waals surface area (Å²) in [5, 5.41) is 3.66. The van der Waals surface area contributed by atoms with Gasteiger partial charge in [-0.1, -0.05) is 27.7 Å². The molecule has 0 aromatic heterocycles. The van der Waals surface area contributed by atoms with Crippen LogP contribution in [0.3, 0.4) is 0 Å². The molecule has 100 valence electrons. The maximum Gasteiger partial charge on any atom is 0.0121 e. The maximum absolute atomic E-state index is 3.66. The molecule has 2 heteroatoms. The largest absolute Gasteiger partial charge is 0.314 e. The van der Waals surface area contributed by atoms with Gasteiger partial charge in [-0.2, -0.15) is 0 Å². The van der Waals surface area contributed by atoms with Gasteiger partial charge in [-0.3, -0.25) is 4.90 Å². The fourth-order valence-corrected chi connectivity index (χ4v) is 3.75. The molecule has 0 saturated carbocycles. The third kappa shape index (κ3) is 2.68. The van der Waals surface area contributed by atoms with Crippen LogP contribution in [0.15, 0.2) is 0 Å². The van der Waals surface area contributed by atoms with Crippen molar-refractivity contribution in [2.75, 3.05) is 6.54 Å². The van der Waals surface area contributed by atoms with Crippen molar-refractivity contribution < 1.29 is 0 Å². The molecule has 0 radical (unpaired) electrons. The first-order chi connectivity index (χ1) is 7.93. The lowest BCUT2D eigenvalue weighted by molar-refractivity contribution is 0.0267. The third-order valence-electron chi connectivity index (χ3n) is 4.98. The van der Waals surface area contributed by atoms with Crippen molar-refractivity contribution in [3.05, 3.63) is 0 Å². The summed E-state index contributed by atoms with van der Waals surface area (Å²) >= 11 is 0. The normalized spacial score (nSPS) is 36.2. The first-order valence-corrected chi connectivity index (χ1v) is 7.44. The van der Waals surface area contributed by atoms with E-state index in [-0.39, 0.29) is 0 Å². The van der Waals surface area contributed by atoms with Crippen molar-refractivity contribution in [3.63, 3.8) is 0 Å². The van der Waals surface area contributed by atoms with Crippen LogP contribution in [-0.2, 0) is 0 Å². The zero-order valence-electron chi connectivity index (χ0n) is 12.3. The summed E-state index contributed by atoms with van der Waals surface area (Å²) in [5.74, 6) is 0. The molecule has 3 atom stereocenters. The highest BCUT2D eigenvalue weighted by molar-refractivity contribution is 5.01. The molecule has 0 spiro atoms. The van der Waals surface area contributed by atoms with Crippen LogP contribution in [0.2, 0.25) is 0 Å². The first kappa shape index (κ1) is 13.4. The summed E-state index contributed by atoms with van der Waals surface area (Å²) in [6, 6.07) is 3.17. The van der Waals surface area contributed by atoms with Gasteiger partial charge >= 0.3 is 0 Å². The highest BCUT2D eigenvalue weighted by Gasteiger charge is 2.44. The second kappa shape index (κ2) is 4.89. The average Bonchev–Trinajstić information content (AvgIpc) is 2.48. The SMILES string of the molecule is CCNC1CC2CCC(C1)N2C(C)C(C)(C)C. The van der Waals surface area contributed by atoms with Crippen LogP contribution in [0.1, 0.15) is 60.3 Å². The molecular formula is C15H30N2. The number of hydrogen-bond donors (Lipinski definition) is 1. The van der Waals surface area contributed by atoms with Gasteiger partial charge in [0.1, 0.15) is 0 Å². The topological polar surface area (TPSA) is 15.3 Å². The smallest absolute Gasteiger partial charge is 0.0121 e. The molecule has 2 saturated heterocycles. The van der Waals surface area contributed by atoms with Crippen molar-refractivity contribution >= 4 is 0 Å². The second-order valence-electron chi connectivity index (χ2n) is 7.10. The minimum atomic E-state index is 0.409. The molecule has 2 fully saturated rings. The van der Waals surface area contributed by atoms with Crippen LogP contribution < -0.4 is 5.32 Å². The van der Waals surface area contributed by atoms with Gasteiger partial charge in [0.2, 0.25) is 0 Å². The number of nitrogens with zero attached hydrogens (tertiary/aromatic N) is 1. The lowest BCUT2D eigenvalue weighted by Gasteiger charge is -2.47. The molecule has 0 aromatic rings. The van der Waals surface area contributed by atoms with E-state index >= 15 is 0 Å². The van der Waals surface area contributed by atoms with Crippen LogP contribution in [0.4, 0.5) is 0 Å². The van der Waals surface area contributed by atoms with Crippen LogP contribution in [-0.4, -0.2) is 35.6 Å². The minimum Gasteiger partial charge on any atom is -0.314 e. The highest BCUT2D eigenvalue weighted by atomic mass is 15.3. The Balaban J connectivity index is 2.03. The lowest BCUT2D eigenvalue weighted by Crippen LogP contribution is -2.55. The van der Waals surface area contributed by atoms with Crippen molar-refractivity contribution in [3.8, 4) is 0 Å². The zero-order valence-corrected chi connectivity index (χ0v) is 12.3. The van der Waals surface area contributed by atoms with Gasteiger partial charge < -0.3 is 5.32 Å². The summed E-state index contributed by atoms with van der Waals surface area (Å²) in [6.45, 7) is 12.9. The minimum absolute atomic E-state index is 0.409. The van der Waals surface area contributed by atoms with E-state index in [1.165, 1.54) is 25.7 Å². The Morgan fingerprint density at radius 3 is 2.12 bits per heavy atom. The molecule has 0 amide bonds. The summed E-state index contributed by atoms with van der Waals surface area (Å²) < 4.78 is 0. The van der Waals surface area contributed by atoms with Crippen molar-refractivity contribution in [2.24, 2.45) is 5.41 Å². The van der Waals surface area contributed by atoms with Gasteiger partial charge in [-0.15, -0.1) is 0 Å².